The van der Waals surface area contributed by atoms with E-state index in [1.165, 1.54) is 4.57 Å². The van der Waals surface area contributed by atoms with Crippen molar-refractivity contribution in [2.24, 2.45) is 7.05 Å². The monoisotopic (exact) mass is 430 g/mol. The van der Waals surface area contributed by atoms with Crippen LogP contribution in [0.25, 0.3) is 16.7 Å². The molecule has 2 aromatic carbocycles. The van der Waals surface area contributed by atoms with Crippen molar-refractivity contribution in [2.75, 3.05) is 5.32 Å². The number of hydrogen-bond donors (Lipinski definition) is 1. The number of amides is 1. The second kappa shape index (κ2) is 8.34. The van der Waals surface area contributed by atoms with Crippen LogP contribution in [0.2, 0.25) is 0 Å². The largest absolute Gasteiger partial charge is 0.342 e. The summed E-state index contributed by atoms with van der Waals surface area (Å²) in [5.74, 6) is -0.336. The van der Waals surface area contributed by atoms with E-state index >= 15 is 0 Å². The normalized spacial score (nSPS) is 11.1. The smallest absolute Gasteiger partial charge is 0.336 e. The molecule has 0 unspecified atom stereocenters. The quantitative estimate of drug-likeness (QED) is 0.528. The first-order valence-electron chi connectivity index (χ1n) is 10.6. The van der Waals surface area contributed by atoms with Crippen LogP contribution in [0.4, 0.5) is 5.69 Å². The molecular weight excluding hydrogens is 404 g/mol. The van der Waals surface area contributed by atoms with E-state index in [1.807, 2.05) is 57.2 Å². The van der Waals surface area contributed by atoms with E-state index in [-0.39, 0.29) is 12.5 Å². The molecule has 0 bridgehead atoms. The fourth-order valence-electron chi connectivity index (χ4n) is 3.87. The van der Waals surface area contributed by atoms with E-state index < -0.39 is 11.2 Å². The maximum atomic E-state index is 13.4. The molecular formula is C25H26N4O3. The van der Waals surface area contributed by atoms with Crippen molar-refractivity contribution in [3.05, 3.63) is 92.3 Å². The summed E-state index contributed by atoms with van der Waals surface area (Å²) in [6.45, 7) is 5.64. The molecule has 7 nitrogen and oxygen atoms in total. The van der Waals surface area contributed by atoms with Crippen LogP contribution in [-0.4, -0.2) is 19.6 Å². The van der Waals surface area contributed by atoms with Gasteiger partial charge in [0.05, 0.1) is 11.2 Å². The minimum Gasteiger partial charge on any atom is -0.342 e. The fraction of sp³-hybridized carbons (Fsp3) is 0.240. The number of hydrogen-bond acceptors (Lipinski definition) is 3. The SMILES string of the molecule is CCc1cccc(NC(=O)Cn2c(=O)n(-c3ccc(C)cc3)c(=O)c3c2cc(C)n3C)c1. The molecule has 32 heavy (non-hydrogen) atoms. The van der Waals surface area contributed by atoms with E-state index in [1.54, 1.807) is 29.8 Å². The summed E-state index contributed by atoms with van der Waals surface area (Å²) in [6.07, 6.45) is 0.856. The minimum absolute atomic E-state index is 0.207. The number of nitrogens with one attached hydrogen (secondary N) is 1. The third-order valence-electron chi connectivity index (χ3n) is 5.78. The maximum absolute atomic E-state index is 13.4. The highest BCUT2D eigenvalue weighted by Crippen LogP contribution is 2.16. The number of anilines is 1. The molecule has 0 spiro atoms. The maximum Gasteiger partial charge on any atom is 0.336 e. The Hall–Kier alpha value is -3.87. The first kappa shape index (κ1) is 21.4. The highest BCUT2D eigenvalue weighted by molar-refractivity contribution is 5.91. The van der Waals surface area contributed by atoms with Crippen LogP contribution >= 0.6 is 0 Å². The Kier molecular flexibility index (Phi) is 5.57. The summed E-state index contributed by atoms with van der Waals surface area (Å²) < 4.78 is 4.25. The van der Waals surface area contributed by atoms with Gasteiger partial charge in [0.1, 0.15) is 12.1 Å². The zero-order valence-electron chi connectivity index (χ0n) is 18.7. The molecule has 4 aromatic rings. The Labute approximate surface area is 185 Å². The number of benzene rings is 2. The van der Waals surface area contributed by atoms with Crippen molar-refractivity contribution in [1.82, 2.24) is 13.7 Å². The Morgan fingerprint density at radius 1 is 1.00 bits per heavy atom. The van der Waals surface area contributed by atoms with Gasteiger partial charge in [-0.1, -0.05) is 36.8 Å². The molecule has 0 saturated heterocycles. The molecule has 0 aliphatic rings. The lowest BCUT2D eigenvalue weighted by Gasteiger charge is -2.13. The standard InChI is InChI=1S/C25H26N4O3/c1-5-18-7-6-8-19(14-18)26-22(30)15-28-21-13-17(3)27(4)23(21)24(31)29(25(28)32)20-11-9-16(2)10-12-20/h6-14H,5,15H2,1-4H3,(H,26,30). The lowest BCUT2D eigenvalue weighted by Crippen LogP contribution is -2.41. The van der Waals surface area contributed by atoms with E-state index in [2.05, 4.69) is 5.32 Å². The fourth-order valence-corrected chi connectivity index (χ4v) is 3.87. The molecule has 164 valence electrons. The van der Waals surface area contributed by atoms with E-state index in [0.717, 1.165) is 27.8 Å². The predicted molar refractivity (Wildman–Crippen MR) is 127 cm³/mol. The van der Waals surface area contributed by atoms with Gasteiger partial charge in [0, 0.05) is 18.4 Å². The van der Waals surface area contributed by atoms with Crippen molar-refractivity contribution in [1.29, 1.82) is 0 Å². The Bertz CT molecular complexity index is 1440. The topological polar surface area (TPSA) is 78.0 Å². The van der Waals surface area contributed by atoms with Gasteiger partial charge in [-0.15, -0.1) is 0 Å². The third-order valence-corrected chi connectivity index (χ3v) is 5.78. The molecule has 2 heterocycles. The second-order valence-corrected chi connectivity index (χ2v) is 8.03. The number of carbonyl (C=O) groups is 1. The lowest BCUT2D eigenvalue weighted by atomic mass is 10.1. The third kappa shape index (κ3) is 3.77. The molecule has 0 aliphatic carbocycles. The molecule has 0 saturated carbocycles. The van der Waals surface area contributed by atoms with Gasteiger partial charge in [0.25, 0.3) is 5.56 Å². The Balaban J connectivity index is 1.84. The second-order valence-electron chi connectivity index (χ2n) is 8.03. The highest BCUT2D eigenvalue weighted by atomic mass is 16.2. The van der Waals surface area contributed by atoms with Crippen molar-refractivity contribution >= 4 is 22.6 Å². The predicted octanol–water partition coefficient (Wildman–Crippen LogP) is 3.31. The number of carbonyl (C=O) groups excluding carboxylic acids is 1. The summed E-state index contributed by atoms with van der Waals surface area (Å²) in [5, 5.41) is 2.87. The van der Waals surface area contributed by atoms with Crippen molar-refractivity contribution in [2.45, 2.75) is 33.7 Å². The van der Waals surface area contributed by atoms with E-state index in [0.29, 0.717) is 22.4 Å². The van der Waals surface area contributed by atoms with Crippen LogP contribution in [0.15, 0.2) is 64.2 Å². The number of fused-ring (bicyclic) bond motifs is 1. The first-order valence-corrected chi connectivity index (χ1v) is 10.6. The van der Waals surface area contributed by atoms with Gasteiger partial charge in [-0.2, -0.15) is 0 Å². The van der Waals surface area contributed by atoms with Gasteiger partial charge in [-0.3, -0.25) is 14.2 Å². The molecule has 0 atom stereocenters. The highest BCUT2D eigenvalue weighted by Gasteiger charge is 2.20. The molecule has 4 rings (SSSR count). The van der Waals surface area contributed by atoms with E-state index in [4.69, 9.17) is 0 Å². The molecule has 1 N–H and O–H groups in total. The molecule has 2 aromatic heterocycles. The van der Waals surface area contributed by atoms with Crippen molar-refractivity contribution in [3.63, 3.8) is 0 Å². The lowest BCUT2D eigenvalue weighted by molar-refractivity contribution is -0.116. The summed E-state index contributed by atoms with van der Waals surface area (Å²) in [5.41, 5.74) is 3.96. The molecule has 0 aliphatic heterocycles. The van der Waals surface area contributed by atoms with Gasteiger partial charge in [0.15, 0.2) is 0 Å². The average molecular weight is 431 g/mol. The van der Waals surface area contributed by atoms with Crippen LogP contribution in [-0.2, 0) is 24.8 Å². The van der Waals surface area contributed by atoms with Gasteiger partial charge >= 0.3 is 5.69 Å². The number of aryl methyl sites for hydroxylation is 4. The summed E-state index contributed by atoms with van der Waals surface area (Å²) in [4.78, 5) is 39.6. The van der Waals surface area contributed by atoms with Crippen LogP contribution in [0.3, 0.4) is 0 Å². The Morgan fingerprint density at radius 2 is 1.72 bits per heavy atom. The summed E-state index contributed by atoms with van der Waals surface area (Å²) in [6, 6.07) is 16.5. The van der Waals surface area contributed by atoms with Crippen LogP contribution in [0.5, 0.6) is 0 Å². The molecule has 7 heteroatoms. The molecule has 1 amide bonds. The molecule has 0 fully saturated rings. The van der Waals surface area contributed by atoms with Gasteiger partial charge in [-0.25, -0.2) is 9.36 Å². The van der Waals surface area contributed by atoms with Gasteiger partial charge in [0.2, 0.25) is 5.91 Å². The zero-order valence-corrected chi connectivity index (χ0v) is 18.7. The minimum atomic E-state index is -0.547. The summed E-state index contributed by atoms with van der Waals surface area (Å²) >= 11 is 0. The average Bonchev–Trinajstić information content (AvgIpc) is 3.07. The summed E-state index contributed by atoms with van der Waals surface area (Å²) in [7, 11) is 1.78. The van der Waals surface area contributed by atoms with Crippen LogP contribution in [0, 0.1) is 13.8 Å². The number of aromatic nitrogens is 3. The zero-order chi connectivity index (χ0) is 23.0. The van der Waals surface area contributed by atoms with Crippen molar-refractivity contribution in [3.8, 4) is 5.69 Å². The Morgan fingerprint density at radius 3 is 2.41 bits per heavy atom. The van der Waals surface area contributed by atoms with Crippen LogP contribution in [0.1, 0.15) is 23.7 Å². The van der Waals surface area contributed by atoms with Gasteiger partial charge < -0.3 is 9.88 Å². The van der Waals surface area contributed by atoms with E-state index in [9.17, 15) is 14.4 Å². The molecule has 0 radical (unpaired) electrons. The number of rotatable bonds is 5. The van der Waals surface area contributed by atoms with Crippen LogP contribution < -0.4 is 16.6 Å². The first-order chi connectivity index (χ1) is 15.3. The number of nitrogens with zero attached hydrogens (tertiary/aromatic N) is 3. The van der Waals surface area contributed by atoms with Crippen molar-refractivity contribution < 1.29 is 4.79 Å². The van der Waals surface area contributed by atoms with Gasteiger partial charge in [-0.05, 0) is 56.2 Å².